The van der Waals surface area contributed by atoms with Crippen molar-refractivity contribution in [2.45, 2.75) is 32.9 Å². The molecule has 27 heavy (non-hydrogen) atoms. The molecule has 3 aromatic rings. The second-order valence-electron chi connectivity index (χ2n) is 6.49. The lowest BCUT2D eigenvalue weighted by Crippen LogP contribution is -2.23. The fourth-order valence-electron chi connectivity index (χ4n) is 2.85. The largest absolute Gasteiger partial charge is 0.368 e. The Kier molecular flexibility index (Phi) is 5.49. The molecule has 3 rings (SSSR count). The van der Waals surface area contributed by atoms with E-state index in [2.05, 4.69) is 10.3 Å². The summed E-state index contributed by atoms with van der Waals surface area (Å²) in [7, 11) is 0. The molecule has 0 saturated heterocycles. The second-order valence-corrected chi connectivity index (χ2v) is 6.49. The van der Waals surface area contributed by atoms with Crippen molar-refractivity contribution in [2.75, 3.05) is 5.32 Å². The van der Waals surface area contributed by atoms with Gasteiger partial charge in [-0.2, -0.15) is 0 Å². The van der Waals surface area contributed by atoms with E-state index in [9.17, 15) is 14.0 Å². The Morgan fingerprint density at radius 3 is 2.63 bits per heavy atom. The molecule has 0 fully saturated rings. The maximum Gasteiger partial charge on any atom is 0.333 e. The number of hydrogen-bond donors (Lipinski definition) is 1. The molecule has 0 bridgehead atoms. The number of carbonyl (C=O) groups excluding carboxylic acids is 1. The highest BCUT2D eigenvalue weighted by Gasteiger charge is 2.15. The van der Waals surface area contributed by atoms with Crippen LogP contribution in [-0.2, 0) is 11.3 Å². The third-order valence-corrected chi connectivity index (χ3v) is 4.02. The number of pyridine rings is 1. The normalized spacial score (nSPS) is 11.0. The van der Waals surface area contributed by atoms with Crippen molar-refractivity contribution >= 4 is 12.1 Å². The Labute approximate surface area is 156 Å². The number of anilines is 1. The van der Waals surface area contributed by atoms with E-state index in [0.717, 1.165) is 11.8 Å². The van der Waals surface area contributed by atoms with Crippen molar-refractivity contribution in [2.24, 2.45) is 0 Å². The zero-order valence-electron chi connectivity index (χ0n) is 15.2. The van der Waals surface area contributed by atoms with Crippen LogP contribution in [0.15, 0.2) is 53.6 Å². The van der Waals surface area contributed by atoms with Gasteiger partial charge < -0.3 is 10.1 Å². The van der Waals surface area contributed by atoms with Gasteiger partial charge in [-0.05, 0) is 50.2 Å². The molecule has 2 aromatic heterocycles. The van der Waals surface area contributed by atoms with Gasteiger partial charge in [-0.15, -0.1) is 0 Å². The van der Waals surface area contributed by atoms with Gasteiger partial charge in [-0.1, -0.05) is 0 Å². The Morgan fingerprint density at radius 1 is 1.22 bits per heavy atom. The SMILES string of the molecule is CC(C)Nc1cc(-c2cn(CCC=O)c(=O)n2-c2ccc(F)cc2)ccn1. The average molecular weight is 368 g/mol. The first-order chi connectivity index (χ1) is 13.0. The Balaban J connectivity index is 2.14. The molecule has 0 radical (unpaired) electrons. The molecule has 0 saturated carbocycles. The number of aryl methyl sites for hydroxylation is 1. The number of nitrogens with one attached hydrogen (secondary N) is 1. The predicted molar refractivity (Wildman–Crippen MR) is 103 cm³/mol. The first-order valence-electron chi connectivity index (χ1n) is 8.74. The maximum absolute atomic E-state index is 13.3. The minimum atomic E-state index is -0.374. The van der Waals surface area contributed by atoms with E-state index < -0.39 is 0 Å². The highest BCUT2D eigenvalue weighted by Crippen LogP contribution is 2.24. The summed E-state index contributed by atoms with van der Waals surface area (Å²) in [6.07, 6.45) is 4.40. The highest BCUT2D eigenvalue weighted by molar-refractivity contribution is 5.65. The predicted octanol–water partition coefficient (Wildman–Crippen LogP) is 3.25. The lowest BCUT2D eigenvalue weighted by atomic mass is 10.2. The number of rotatable bonds is 7. The molecule has 0 atom stereocenters. The summed E-state index contributed by atoms with van der Waals surface area (Å²) in [6, 6.07) is 9.62. The van der Waals surface area contributed by atoms with Crippen LogP contribution in [0.2, 0.25) is 0 Å². The zero-order chi connectivity index (χ0) is 19.4. The molecule has 1 aromatic carbocycles. The number of benzene rings is 1. The average Bonchev–Trinajstić information content (AvgIpc) is 2.97. The van der Waals surface area contributed by atoms with Gasteiger partial charge in [-0.3, -0.25) is 9.13 Å². The molecule has 0 amide bonds. The lowest BCUT2D eigenvalue weighted by Gasteiger charge is -2.11. The smallest absolute Gasteiger partial charge is 0.333 e. The molecule has 140 valence electrons. The van der Waals surface area contributed by atoms with Crippen molar-refractivity contribution < 1.29 is 9.18 Å². The molecule has 7 heteroatoms. The summed E-state index contributed by atoms with van der Waals surface area (Å²) in [5.41, 5.74) is 1.70. The van der Waals surface area contributed by atoms with Crippen LogP contribution < -0.4 is 11.0 Å². The van der Waals surface area contributed by atoms with E-state index >= 15 is 0 Å². The van der Waals surface area contributed by atoms with Crippen LogP contribution in [0.4, 0.5) is 10.2 Å². The summed E-state index contributed by atoms with van der Waals surface area (Å²) in [5, 5.41) is 3.24. The summed E-state index contributed by atoms with van der Waals surface area (Å²) in [6.45, 7) is 4.31. The van der Waals surface area contributed by atoms with Crippen molar-refractivity contribution in [1.82, 2.24) is 14.1 Å². The molecule has 2 heterocycles. The first-order valence-corrected chi connectivity index (χ1v) is 8.74. The standard InChI is InChI=1S/C20H21FN4O2/c1-14(2)23-19-12-15(8-9-22-19)18-13-24(10-3-11-26)20(27)25(18)17-6-4-16(21)5-7-17/h4-9,11-14H,3,10H2,1-2H3,(H,22,23). The molecule has 0 aliphatic rings. The van der Waals surface area contributed by atoms with Crippen molar-refractivity contribution in [3.8, 4) is 16.9 Å². The molecule has 1 N–H and O–H groups in total. The molecule has 0 aliphatic heterocycles. The van der Waals surface area contributed by atoms with E-state index in [1.807, 2.05) is 26.0 Å². The minimum Gasteiger partial charge on any atom is -0.368 e. The fraction of sp³-hybridized carbons (Fsp3) is 0.250. The van der Waals surface area contributed by atoms with Gasteiger partial charge in [0.1, 0.15) is 17.9 Å². The van der Waals surface area contributed by atoms with Gasteiger partial charge in [0.15, 0.2) is 0 Å². The Morgan fingerprint density at radius 2 is 1.96 bits per heavy atom. The summed E-state index contributed by atoms with van der Waals surface area (Å²) in [5.74, 6) is 0.322. The quantitative estimate of drug-likeness (QED) is 0.650. The van der Waals surface area contributed by atoms with E-state index in [1.165, 1.54) is 21.3 Å². The van der Waals surface area contributed by atoms with E-state index in [4.69, 9.17) is 0 Å². The lowest BCUT2D eigenvalue weighted by molar-refractivity contribution is -0.108. The summed E-state index contributed by atoms with van der Waals surface area (Å²) < 4.78 is 16.3. The van der Waals surface area contributed by atoms with Crippen molar-refractivity contribution in [3.63, 3.8) is 0 Å². The van der Waals surface area contributed by atoms with Gasteiger partial charge in [0.2, 0.25) is 0 Å². The third-order valence-electron chi connectivity index (χ3n) is 4.02. The molecular formula is C20H21FN4O2. The minimum absolute atomic E-state index is 0.212. The number of imidazole rings is 1. The topological polar surface area (TPSA) is 68.9 Å². The summed E-state index contributed by atoms with van der Waals surface area (Å²) >= 11 is 0. The molecule has 0 spiro atoms. The second kappa shape index (κ2) is 7.99. The molecule has 6 nitrogen and oxygen atoms in total. The molecular weight excluding hydrogens is 347 g/mol. The number of nitrogens with zero attached hydrogens (tertiary/aromatic N) is 3. The monoisotopic (exact) mass is 368 g/mol. The van der Waals surface area contributed by atoms with Crippen LogP contribution in [0, 0.1) is 5.82 Å². The maximum atomic E-state index is 13.3. The third kappa shape index (κ3) is 4.13. The van der Waals surface area contributed by atoms with E-state index in [-0.39, 0.29) is 30.5 Å². The zero-order valence-corrected chi connectivity index (χ0v) is 15.2. The molecule has 0 aliphatic carbocycles. The van der Waals surface area contributed by atoms with E-state index in [1.54, 1.807) is 24.5 Å². The Hall–Kier alpha value is -3.22. The van der Waals surface area contributed by atoms with Crippen molar-refractivity contribution in [3.05, 3.63) is 65.1 Å². The van der Waals surface area contributed by atoms with Crippen LogP contribution in [0.3, 0.4) is 0 Å². The van der Waals surface area contributed by atoms with Gasteiger partial charge in [-0.25, -0.2) is 14.2 Å². The van der Waals surface area contributed by atoms with Crippen LogP contribution in [0.1, 0.15) is 20.3 Å². The number of halogens is 1. The fourth-order valence-corrected chi connectivity index (χ4v) is 2.85. The van der Waals surface area contributed by atoms with Gasteiger partial charge in [0.05, 0.1) is 11.4 Å². The van der Waals surface area contributed by atoms with Crippen LogP contribution in [-0.4, -0.2) is 26.4 Å². The Bertz CT molecular complexity index is 990. The number of carbonyl (C=O) groups is 1. The summed E-state index contributed by atoms with van der Waals surface area (Å²) in [4.78, 5) is 27.9. The number of aldehydes is 1. The van der Waals surface area contributed by atoms with Gasteiger partial charge in [0, 0.05) is 37.0 Å². The van der Waals surface area contributed by atoms with E-state index in [0.29, 0.717) is 17.2 Å². The first kappa shape index (κ1) is 18.6. The van der Waals surface area contributed by atoms with Crippen LogP contribution in [0.25, 0.3) is 16.9 Å². The number of hydrogen-bond acceptors (Lipinski definition) is 4. The van der Waals surface area contributed by atoms with Gasteiger partial charge >= 0.3 is 5.69 Å². The number of aromatic nitrogens is 3. The van der Waals surface area contributed by atoms with Crippen LogP contribution >= 0.6 is 0 Å². The highest BCUT2D eigenvalue weighted by atomic mass is 19.1. The molecule has 0 unspecified atom stereocenters. The van der Waals surface area contributed by atoms with Crippen molar-refractivity contribution in [1.29, 1.82) is 0 Å². The van der Waals surface area contributed by atoms with Gasteiger partial charge in [0.25, 0.3) is 0 Å². The van der Waals surface area contributed by atoms with Crippen LogP contribution in [0.5, 0.6) is 0 Å².